The summed E-state index contributed by atoms with van der Waals surface area (Å²) in [7, 11) is 3.42. The minimum atomic E-state index is -0.189. The normalized spacial score (nSPS) is 31.3. The first-order valence-corrected chi connectivity index (χ1v) is 12.1. The molecule has 0 saturated heterocycles. The van der Waals surface area contributed by atoms with Crippen LogP contribution in [0.4, 0.5) is 0 Å². The molecule has 2 saturated carbocycles. The van der Waals surface area contributed by atoms with Gasteiger partial charge >= 0.3 is 5.97 Å². The van der Waals surface area contributed by atoms with Crippen molar-refractivity contribution in [1.82, 2.24) is 0 Å². The highest BCUT2D eigenvalue weighted by atomic mass is 16.5. The lowest BCUT2D eigenvalue weighted by Gasteiger charge is -2.50. The quantitative estimate of drug-likeness (QED) is 0.526. The Labute approximate surface area is 196 Å². The maximum Gasteiger partial charge on any atom is 0.303 e. The van der Waals surface area contributed by atoms with Crippen LogP contribution in [0.15, 0.2) is 48.0 Å². The summed E-state index contributed by atoms with van der Waals surface area (Å²) in [5.74, 6) is 3.32. The standard InChI is InChI=1S/C29H34O4/c1-18(30)33-28-21(15-19-5-8-22(31-3)9-6-19)17-27-26-11-7-20-16-23(32-4)10-12-24(20)25(26)13-14-29(27,28)2/h5-6,8-10,12,15-16,25-28H,7,11,13-14,17H2,1-4H3/b21-15+/t25-,26+,27+,28-,29+/m0/s1. The van der Waals surface area contributed by atoms with Gasteiger partial charge in [0.2, 0.25) is 0 Å². The Morgan fingerprint density at radius 2 is 1.76 bits per heavy atom. The van der Waals surface area contributed by atoms with Crippen molar-refractivity contribution in [3.8, 4) is 11.5 Å². The van der Waals surface area contributed by atoms with Crippen LogP contribution in [0, 0.1) is 17.3 Å². The number of rotatable bonds is 4. The summed E-state index contributed by atoms with van der Waals surface area (Å²) in [6.45, 7) is 3.90. The van der Waals surface area contributed by atoms with Gasteiger partial charge in [-0.2, -0.15) is 0 Å². The first kappa shape index (κ1) is 22.1. The number of esters is 1. The molecule has 174 valence electrons. The second-order valence-electron chi connectivity index (χ2n) is 10.2. The maximum absolute atomic E-state index is 12.1. The molecule has 5 atom stereocenters. The third kappa shape index (κ3) is 3.84. The predicted molar refractivity (Wildman–Crippen MR) is 130 cm³/mol. The first-order chi connectivity index (χ1) is 15.9. The van der Waals surface area contributed by atoms with Gasteiger partial charge in [0.1, 0.15) is 17.6 Å². The molecule has 0 amide bonds. The van der Waals surface area contributed by atoms with Crippen LogP contribution in [0.25, 0.3) is 6.08 Å². The van der Waals surface area contributed by atoms with Crippen LogP contribution < -0.4 is 9.47 Å². The summed E-state index contributed by atoms with van der Waals surface area (Å²) in [6, 6.07) is 14.8. The van der Waals surface area contributed by atoms with Gasteiger partial charge in [-0.1, -0.05) is 31.2 Å². The predicted octanol–water partition coefficient (Wildman–Crippen LogP) is 6.19. The molecule has 0 heterocycles. The van der Waals surface area contributed by atoms with E-state index >= 15 is 0 Å². The Hall–Kier alpha value is -2.75. The number of carbonyl (C=O) groups excluding carboxylic acids is 1. The Bertz CT molecular complexity index is 1070. The van der Waals surface area contributed by atoms with Crippen LogP contribution in [0.3, 0.4) is 0 Å². The van der Waals surface area contributed by atoms with Crippen molar-refractivity contribution in [2.75, 3.05) is 14.2 Å². The van der Waals surface area contributed by atoms with Gasteiger partial charge in [-0.3, -0.25) is 4.79 Å². The van der Waals surface area contributed by atoms with Crippen molar-refractivity contribution in [3.05, 3.63) is 64.7 Å². The van der Waals surface area contributed by atoms with Crippen molar-refractivity contribution < 1.29 is 19.0 Å². The summed E-state index contributed by atoms with van der Waals surface area (Å²) in [5, 5.41) is 0. The van der Waals surface area contributed by atoms with Crippen molar-refractivity contribution >= 4 is 12.0 Å². The fourth-order valence-corrected chi connectivity index (χ4v) is 6.95. The number of hydrogen-bond acceptors (Lipinski definition) is 4. The van der Waals surface area contributed by atoms with E-state index in [0.29, 0.717) is 17.8 Å². The number of aryl methyl sites for hydroxylation is 1. The molecule has 0 N–H and O–H groups in total. The molecule has 2 aromatic rings. The van der Waals surface area contributed by atoms with Crippen molar-refractivity contribution in [2.24, 2.45) is 17.3 Å². The van der Waals surface area contributed by atoms with Crippen LogP contribution in [-0.4, -0.2) is 26.3 Å². The van der Waals surface area contributed by atoms with E-state index in [9.17, 15) is 4.79 Å². The Morgan fingerprint density at radius 1 is 1.03 bits per heavy atom. The van der Waals surface area contributed by atoms with Gasteiger partial charge in [0, 0.05) is 12.3 Å². The van der Waals surface area contributed by atoms with Gasteiger partial charge in [0.25, 0.3) is 0 Å². The topological polar surface area (TPSA) is 44.8 Å². The second-order valence-corrected chi connectivity index (χ2v) is 10.2. The maximum atomic E-state index is 12.1. The van der Waals surface area contributed by atoms with E-state index in [-0.39, 0.29) is 17.5 Å². The molecule has 5 rings (SSSR count). The third-order valence-corrected chi connectivity index (χ3v) is 8.51. The molecule has 2 fully saturated rings. The molecule has 3 aliphatic carbocycles. The Kier molecular flexibility index (Phi) is 5.72. The molecule has 0 aromatic heterocycles. The molecule has 0 aliphatic heterocycles. The average molecular weight is 447 g/mol. The van der Waals surface area contributed by atoms with Crippen LogP contribution >= 0.6 is 0 Å². The molecular formula is C29H34O4. The van der Waals surface area contributed by atoms with Gasteiger partial charge < -0.3 is 14.2 Å². The zero-order chi connectivity index (χ0) is 23.2. The number of hydrogen-bond donors (Lipinski definition) is 0. The largest absolute Gasteiger partial charge is 0.497 e. The van der Waals surface area contributed by atoms with E-state index in [1.165, 1.54) is 30.0 Å². The monoisotopic (exact) mass is 446 g/mol. The smallest absolute Gasteiger partial charge is 0.303 e. The summed E-state index contributed by atoms with van der Waals surface area (Å²) >= 11 is 0. The summed E-state index contributed by atoms with van der Waals surface area (Å²) < 4.78 is 16.8. The molecule has 3 aliphatic rings. The fraction of sp³-hybridized carbons (Fsp3) is 0.483. The van der Waals surface area contributed by atoms with E-state index in [1.54, 1.807) is 14.2 Å². The lowest BCUT2D eigenvalue weighted by molar-refractivity contribution is -0.152. The van der Waals surface area contributed by atoms with Crippen molar-refractivity contribution in [2.45, 2.75) is 58.0 Å². The molecule has 4 nitrogen and oxygen atoms in total. The molecule has 0 bridgehead atoms. The number of benzene rings is 2. The highest BCUT2D eigenvalue weighted by Crippen LogP contribution is 2.63. The third-order valence-electron chi connectivity index (χ3n) is 8.51. The molecular weight excluding hydrogens is 412 g/mol. The minimum Gasteiger partial charge on any atom is -0.497 e. The molecule has 4 heteroatoms. The van der Waals surface area contributed by atoms with Crippen LogP contribution in [0.2, 0.25) is 0 Å². The van der Waals surface area contributed by atoms with Gasteiger partial charge in [0.15, 0.2) is 0 Å². The van der Waals surface area contributed by atoms with Gasteiger partial charge in [0.05, 0.1) is 14.2 Å². The zero-order valence-corrected chi connectivity index (χ0v) is 20.1. The lowest BCUT2D eigenvalue weighted by atomic mass is 9.55. The number of methoxy groups -OCH3 is 2. The summed E-state index contributed by atoms with van der Waals surface area (Å²) in [5.41, 5.74) is 5.31. The zero-order valence-electron chi connectivity index (χ0n) is 20.1. The molecule has 0 radical (unpaired) electrons. The first-order valence-electron chi connectivity index (χ1n) is 12.1. The minimum absolute atomic E-state index is 0.0187. The van der Waals surface area contributed by atoms with Crippen LogP contribution in [0.5, 0.6) is 11.5 Å². The van der Waals surface area contributed by atoms with E-state index < -0.39 is 0 Å². The molecule has 2 aromatic carbocycles. The molecule has 33 heavy (non-hydrogen) atoms. The van der Waals surface area contributed by atoms with Gasteiger partial charge in [-0.05, 0) is 96.4 Å². The summed E-state index contributed by atoms with van der Waals surface area (Å²) in [4.78, 5) is 12.1. The average Bonchev–Trinajstić information content (AvgIpc) is 3.10. The van der Waals surface area contributed by atoms with Crippen LogP contribution in [0.1, 0.15) is 62.1 Å². The van der Waals surface area contributed by atoms with Crippen molar-refractivity contribution in [3.63, 3.8) is 0 Å². The SMILES string of the molecule is COc1ccc(/C=C2\C[C@@H]3[C@@H]4CCc5cc(OC)ccc5[C@@H]4CC[C@@]3(C)[C@H]2OC(C)=O)cc1. The molecule has 0 unspecified atom stereocenters. The second kappa shape index (κ2) is 8.55. The fourth-order valence-electron chi connectivity index (χ4n) is 6.95. The number of ether oxygens (including phenoxy) is 3. The van der Waals surface area contributed by atoms with Crippen molar-refractivity contribution in [1.29, 1.82) is 0 Å². The highest BCUT2D eigenvalue weighted by Gasteiger charge is 2.58. The Balaban J connectivity index is 1.49. The lowest BCUT2D eigenvalue weighted by Crippen LogP contribution is -2.45. The van der Waals surface area contributed by atoms with E-state index in [2.05, 4.69) is 43.3 Å². The van der Waals surface area contributed by atoms with E-state index in [4.69, 9.17) is 14.2 Å². The van der Waals surface area contributed by atoms with Gasteiger partial charge in [-0.25, -0.2) is 0 Å². The number of carbonyl (C=O) groups is 1. The molecule has 0 spiro atoms. The van der Waals surface area contributed by atoms with E-state index in [1.807, 2.05) is 12.1 Å². The van der Waals surface area contributed by atoms with Gasteiger partial charge in [-0.15, -0.1) is 0 Å². The number of fused-ring (bicyclic) bond motifs is 5. The highest BCUT2D eigenvalue weighted by molar-refractivity contribution is 5.67. The Morgan fingerprint density at radius 3 is 2.45 bits per heavy atom. The van der Waals surface area contributed by atoms with E-state index in [0.717, 1.165) is 42.7 Å². The van der Waals surface area contributed by atoms with Crippen LogP contribution in [-0.2, 0) is 16.0 Å². The summed E-state index contributed by atoms with van der Waals surface area (Å²) in [6.07, 6.45) is 7.58.